The number of halogens is 3. The van der Waals surface area contributed by atoms with Gasteiger partial charge < -0.3 is 4.74 Å². The van der Waals surface area contributed by atoms with Crippen molar-refractivity contribution in [2.24, 2.45) is 5.92 Å². The highest BCUT2D eigenvalue weighted by molar-refractivity contribution is 9.10. The number of rotatable bonds is 4. The molecule has 0 bridgehead atoms. The lowest BCUT2D eigenvalue weighted by Gasteiger charge is -2.38. The SMILES string of the molecule is CCOC1(C(=O)c2c(F)ccc(Br)c2F)CCC(C)CC1. The monoisotopic (exact) mass is 360 g/mol. The number of carbonyl (C=O) groups excluding carboxylic acids is 1. The number of carbonyl (C=O) groups is 1. The Morgan fingerprint density at radius 3 is 2.57 bits per heavy atom. The Hall–Kier alpha value is -0.810. The zero-order valence-corrected chi connectivity index (χ0v) is 13.8. The lowest BCUT2D eigenvalue weighted by Crippen LogP contribution is -2.45. The van der Waals surface area contributed by atoms with Gasteiger partial charge in [0.1, 0.15) is 11.4 Å². The fourth-order valence-electron chi connectivity index (χ4n) is 2.90. The van der Waals surface area contributed by atoms with Crippen LogP contribution in [-0.4, -0.2) is 18.0 Å². The number of hydrogen-bond acceptors (Lipinski definition) is 2. The summed E-state index contributed by atoms with van der Waals surface area (Å²) < 4.78 is 34.0. The van der Waals surface area contributed by atoms with Crippen LogP contribution in [0.2, 0.25) is 0 Å². The predicted octanol–water partition coefficient (Wildman–Crippen LogP) is 4.90. The lowest BCUT2D eigenvalue weighted by molar-refractivity contribution is -0.0478. The van der Waals surface area contributed by atoms with E-state index in [0.717, 1.165) is 18.9 Å². The molecule has 0 unspecified atom stereocenters. The Morgan fingerprint density at radius 1 is 1.38 bits per heavy atom. The fourth-order valence-corrected chi connectivity index (χ4v) is 3.24. The smallest absolute Gasteiger partial charge is 0.200 e. The van der Waals surface area contributed by atoms with Crippen molar-refractivity contribution in [1.29, 1.82) is 0 Å². The summed E-state index contributed by atoms with van der Waals surface area (Å²) >= 11 is 3.00. The van der Waals surface area contributed by atoms with Gasteiger partial charge in [-0.25, -0.2) is 8.78 Å². The molecule has 0 atom stereocenters. The molecule has 2 nitrogen and oxygen atoms in total. The summed E-state index contributed by atoms with van der Waals surface area (Å²) in [6, 6.07) is 2.36. The third-order valence-corrected chi connectivity index (χ3v) is 4.80. The van der Waals surface area contributed by atoms with Gasteiger partial charge in [0.2, 0.25) is 5.78 Å². The molecule has 0 aromatic heterocycles. The molecule has 1 aromatic carbocycles. The number of ether oxygens (including phenoxy) is 1. The number of benzene rings is 1. The standard InChI is InChI=1S/C16H19BrF2O2/c1-3-21-16(8-6-10(2)7-9-16)15(20)13-12(18)5-4-11(17)14(13)19/h4-5,10H,3,6-9H2,1-2H3. The minimum atomic E-state index is -1.09. The van der Waals surface area contributed by atoms with Crippen molar-refractivity contribution >= 4 is 21.7 Å². The van der Waals surface area contributed by atoms with Crippen LogP contribution in [0.5, 0.6) is 0 Å². The van der Waals surface area contributed by atoms with Gasteiger partial charge in [0.05, 0.1) is 10.0 Å². The van der Waals surface area contributed by atoms with Crippen molar-refractivity contribution in [2.75, 3.05) is 6.61 Å². The van der Waals surface area contributed by atoms with Crippen molar-refractivity contribution in [1.82, 2.24) is 0 Å². The third-order valence-electron chi connectivity index (χ3n) is 4.19. The predicted molar refractivity (Wildman–Crippen MR) is 80.4 cm³/mol. The number of Topliss-reactive ketones (excluding diaryl/α,β-unsaturated/α-hetero) is 1. The van der Waals surface area contributed by atoms with Gasteiger partial charge in [-0.2, -0.15) is 0 Å². The van der Waals surface area contributed by atoms with Gasteiger partial charge in [0, 0.05) is 6.61 Å². The van der Waals surface area contributed by atoms with E-state index >= 15 is 0 Å². The molecule has 0 N–H and O–H groups in total. The minimum absolute atomic E-state index is 0.0862. The van der Waals surface area contributed by atoms with Crippen LogP contribution in [0.4, 0.5) is 8.78 Å². The second kappa shape index (κ2) is 6.53. The highest BCUT2D eigenvalue weighted by Crippen LogP contribution is 2.38. The van der Waals surface area contributed by atoms with Crippen LogP contribution in [0.1, 0.15) is 49.9 Å². The van der Waals surface area contributed by atoms with Gasteiger partial charge in [0.25, 0.3) is 0 Å². The molecule has 0 spiro atoms. The Kier molecular flexibility index (Phi) is 5.15. The molecule has 1 aliphatic rings. The van der Waals surface area contributed by atoms with Crippen molar-refractivity contribution in [3.63, 3.8) is 0 Å². The van der Waals surface area contributed by atoms with Gasteiger partial charge in [0.15, 0.2) is 5.82 Å². The first-order valence-corrected chi connectivity index (χ1v) is 8.03. The topological polar surface area (TPSA) is 26.3 Å². The first-order valence-electron chi connectivity index (χ1n) is 7.23. The maximum Gasteiger partial charge on any atom is 0.200 e. The van der Waals surface area contributed by atoms with Gasteiger partial charge in [-0.3, -0.25) is 4.79 Å². The van der Waals surface area contributed by atoms with Crippen LogP contribution in [0.15, 0.2) is 16.6 Å². The lowest BCUT2D eigenvalue weighted by atomic mass is 9.75. The molecule has 1 aromatic rings. The van der Waals surface area contributed by atoms with Crippen LogP contribution >= 0.6 is 15.9 Å². The molecule has 1 saturated carbocycles. The van der Waals surface area contributed by atoms with Crippen LogP contribution in [0.25, 0.3) is 0 Å². The molecule has 1 fully saturated rings. The second-order valence-electron chi connectivity index (χ2n) is 5.66. The Labute approximate surface area is 132 Å². The molecule has 21 heavy (non-hydrogen) atoms. The summed E-state index contributed by atoms with van der Waals surface area (Å²) in [4.78, 5) is 12.8. The molecule has 0 heterocycles. The summed E-state index contributed by atoms with van der Waals surface area (Å²) in [5, 5.41) is 0. The van der Waals surface area contributed by atoms with Crippen molar-refractivity contribution in [3.8, 4) is 0 Å². The summed E-state index contributed by atoms with van der Waals surface area (Å²) in [6.45, 7) is 4.25. The number of ketones is 1. The highest BCUT2D eigenvalue weighted by atomic mass is 79.9. The van der Waals surface area contributed by atoms with Crippen LogP contribution < -0.4 is 0 Å². The molecular formula is C16H19BrF2O2. The van der Waals surface area contributed by atoms with E-state index in [1.54, 1.807) is 6.92 Å². The van der Waals surface area contributed by atoms with Gasteiger partial charge in [-0.05, 0) is 66.6 Å². The Balaban J connectivity index is 2.42. The van der Waals surface area contributed by atoms with E-state index in [-0.39, 0.29) is 4.47 Å². The quantitative estimate of drug-likeness (QED) is 0.564. The molecule has 5 heteroatoms. The molecule has 0 aliphatic heterocycles. The summed E-state index contributed by atoms with van der Waals surface area (Å²) in [7, 11) is 0. The van der Waals surface area contributed by atoms with Gasteiger partial charge in [-0.15, -0.1) is 0 Å². The molecular weight excluding hydrogens is 342 g/mol. The molecule has 2 rings (SSSR count). The molecule has 0 radical (unpaired) electrons. The second-order valence-corrected chi connectivity index (χ2v) is 6.51. The number of hydrogen-bond donors (Lipinski definition) is 0. The van der Waals surface area contributed by atoms with E-state index < -0.39 is 28.6 Å². The Morgan fingerprint density at radius 2 is 2.00 bits per heavy atom. The highest BCUT2D eigenvalue weighted by Gasteiger charge is 2.44. The van der Waals surface area contributed by atoms with Crippen molar-refractivity contribution in [3.05, 3.63) is 33.8 Å². The maximum atomic E-state index is 14.2. The molecule has 0 saturated heterocycles. The summed E-state index contributed by atoms with van der Waals surface area (Å²) in [5.74, 6) is -1.76. The van der Waals surface area contributed by atoms with E-state index in [2.05, 4.69) is 22.9 Å². The third kappa shape index (κ3) is 3.19. The maximum absolute atomic E-state index is 14.2. The van der Waals surface area contributed by atoms with Crippen LogP contribution in [0, 0.1) is 17.6 Å². The molecule has 0 amide bonds. The normalized spacial score (nSPS) is 25.9. The van der Waals surface area contributed by atoms with E-state index in [4.69, 9.17) is 4.74 Å². The fraction of sp³-hybridized carbons (Fsp3) is 0.562. The molecule has 1 aliphatic carbocycles. The first-order chi connectivity index (χ1) is 9.91. The van der Waals surface area contributed by atoms with E-state index in [0.29, 0.717) is 25.4 Å². The van der Waals surface area contributed by atoms with Crippen LogP contribution in [-0.2, 0) is 4.74 Å². The summed E-state index contributed by atoms with van der Waals surface area (Å²) in [5.41, 5.74) is -1.59. The average Bonchev–Trinajstić information content (AvgIpc) is 2.46. The van der Waals surface area contributed by atoms with Crippen LogP contribution in [0.3, 0.4) is 0 Å². The van der Waals surface area contributed by atoms with Crippen molar-refractivity contribution in [2.45, 2.75) is 45.1 Å². The molecule has 116 valence electrons. The first kappa shape index (κ1) is 16.6. The Bertz CT molecular complexity index is 537. The summed E-state index contributed by atoms with van der Waals surface area (Å²) in [6.07, 6.45) is 2.66. The zero-order chi connectivity index (χ0) is 15.6. The van der Waals surface area contributed by atoms with Crippen molar-refractivity contribution < 1.29 is 18.3 Å². The average molecular weight is 361 g/mol. The van der Waals surface area contributed by atoms with E-state index in [1.807, 2.05) is 0 Å². The largest absolute Gasteiger partial charge is 0.367 e. The minimum Gasteiger partial charge on any atom is -0.367 e. The zero-order valence-electron chi connectivity index (χ0n) is 12.2. The van der Waals surface area contributed by atoms with E-state index in [9.17, 15) is 13.6 Å². The van der Waals surface area contributed by atoms with E-state index in [1.165, 1.54) is 6.07 Å². The van der Waals surface area contributed by atoms with Gasteiger partial charge in [-0.1, -0.05) is 6.92 Å². The van der Waals surface area contributed by atoms with Gasteiger partial charge >= 0.3 is 0 Å².